The number of nitrogens with zero attached hydrogens (tertiary/aromatic N) is 1. The summed E-state index contributed by atoms with van der Waals surface area (Å²) in [6.07, 6.45) is 2.13. The van der Waals surface area contributed by atoms with Gasteiger partial charge in [-0.05, 0) is 18.8 Å². The molecule has 18 heavy (non-hydrogen) atoms. The number of hydrogen-bond acceptors (Lipinski definition) is 4. The first-order valence-corrected chi connectivity index (χ1v) is 5.99. The first-order valence-electron chi connectivity index (χ1n) is 5.99. The molecule has 98 valence electrons. The summed E-state index contributed by atoms with van der Waals surface area (Å²) in [6.45, 7) is 3.46. The summed E-state index contributed by atoms with van der Waals surface area (Å²) in [7, 11) is 0. The van der Waals surface area contributed by atoms with Crippen molar-refractivity contribution in [3.05, 3.63) is 17.5 Å². The molecule has 1 aliphatic rings. The van der Waals surface area contributed by atoms with Crippen LogP contribution < -0.4 is 5.32 Å². The van der Waals surface area contributed by atoms with Crippen molar-refractivity contribution in [1.29, 1.82) is 0 Å². The Morgan fingerprint density at radius 3 is 2.67 bits per heavy atom. The quantitative estimate of drug-likeness (QED) is 0.826. The van der Waals surface area contributed by atoms with Gasteiger partial charge in [-0.3, -0.25) is 4.79 Å². The van der Waals surface area contributed by atoms with Crippen LogP contribution in [0.1, 0.15) is 48.9 Å². The van der Waals surface area contributed by atoms with E-state index in [4.69, 9.17) is 9.63 Å². The molecule has 1 amide bonds. The van der Waals surface area contributed by atoms with Gasteiger partial charge in [-0.15, -0.1) is 0 Å². The van der Waals surface area contributed by atoms with Gasteiger partial charge in [-0.2, -0.15) is 0 Å². The molecule has 1 heterocycles. The summed E-state index contributed by atoms with van der Waals surface area (Å²) < 4.78 is 4.93. The molecule has 0 aromatic carbocycles. The number of hydrogen-bond donors (Lipinski definition) is 2. The van der Waals surface area contributed by atoms with E-state index in [2.05, 4.69) is 10.5 Å². The van der Waals surface area contributed by atoms with E-state index >= 15 is 0 Å². The molecule has 6 heteroatoms. The Morgan fingerprint density at radius 1 is 1.50 bits per heavy atom. The molecule has 6 nitrogen and oxygen atoms in total. The normalized spacial score (nSPS) is 16.6. The second kappa shape index (κ2) is 4.80. The molecular formula is C12H16N2O4. The van der Waals surface area contributed by atoms with Gasteiger partial charge in [0.05, 0.1) is 5.69 Å². The smallest absolute Gasteiger partial charge is 0.326 e. The van der Waals surface area contributed by atoms with Crippen molar-refractivity contribution in [2.75, 3.05) is 0 Å². The van der Waals surface area contributed by atoms with Gasteiger partial charge in [0, 0.05) is 12.0 Å². The lowest BCUT2D eigenvalue weighted by atomic mass is 10.0. The Kier molecular flexibility index (Phi) is 3.36. The lowest BCUT2D eigenvalue weighted by molar-refractivity contribution is -0.140. The zero-order valence-electron chi connectivity index (χ0n) is 10.3. The summed E-state index contributed by atoms with van der Waals surface area (Å²) >= 11 is 0. The highest BCUT2D eigenvalue weighted by Gasteiger charge is 2.30. The highest BCUT2D eigenvalue weighted by Crippen LogP contribution is 2.39. The minimum absolute atomic E-state index is 0.0730. The average molecular weight is 252 g/mol. The SMILES string of the molecule is CC(C)C(NC(=O)c1cc(C2CC2)no1)C(=O)O. The van der Waals surface area contributed by atoms with Crippen LogP contribution in [0, 0.1) is 5.92 Å². The van der Waals surface area contributed by atoms with E-state index < -0.39 is 17.9 Å². The van der Waals surface area contributed by atoms with E-state index in [0.717, 1.165) is 18.5 Å². The fraction of sp³-hybridized carbons (Fsp3) is 0.583. The Bertz CT molecular complexity index is 462. The molecule has 1 saturated carbocycles. The minimum Gasteiger partial charge on any atom is -0.480 e. The summed E-state index contributed by atoms with van der Waals surface area (Å²) in [5, 5.41) is 15.2. The van der Waals surface area contributed by atoms with Crippen molar-refractivity contribution in [2.45, 2.75) is 38.6 Å². The van der Waals surface area contributed by atoms with Gasteiger partial charge in [0.2, 0.25) is 5.76 Å². The molecule has 0 bridgehead atoms. The van der Waals surface area contributed by atoms with Gasteiger partial charge in [-0.25, -0.2) is 4.79 Å². The number of carboxylic acid groups (broad SMARTS) is 1. The lowest BCUT2D eigenvalue weighted by Crippen LogP contribution is -2.44. The molecule has 0 aliphatic heterocycles. The maximum atomic E-state index is 11.8. The number of aromatic nitrogens is 1. The molecule has 1 aromatic rings. The average Bonchev–Trinajstić information content (AvgIpc) is 3.03. The summed E-state index contributed by atoms with van der Waals surface area (Å²) in [5.74, 6) is -1.31. The molecule has 0 saturated heterocycles. The second-order valence-corrected chi connectivity index (χ2v) is 4.92. The van der Waals surface area contributed by atoms with Gasteiger partial charge in [0.1, 0.15) is 6.04 Å². The number of carboxylic acids is 1. The van der Waals surface area contributed by atoms with Crippen molar-refractivity contribution in [2.24, 2.45) is 5.92 Å². The first kappa shape index (κ1) is 12.6. The molecule has 1 aliphatic carbocycles. The summed E-state index contributed by atoms with van der Waals surface area (Å²) in [4.78, 5) is 22.8. The molecule has 1 aromatic heterocycles. The number of aliphatic carboxylic acids is 1. The number of carbonyl (C=O) groups excluding carboxylic acids is 1. The minimum atomic E-state index is -1.06. The molecule has 2 rings (SSSR count). The first-order chi connectivity index (χ1) is 8.49. The zero-order chi connectivity index (χ0) is 13.3. The molecule has 0 spiro atoms. The monoisotopic (exact) mass is 252 g/mol. The highest BCUT2D eigenvalue weighted by atomic mass is 16.5. The Morgan fingerprint density at radius 2 is 2.17 bits per heavy atom. The van der Waals surface area contributed by atoms with Gasteiger partial charge in [0.25, 0.3) is 5.91 Å². The Labute approximate surface area is 104 Å². The topological polar surface area (TPSA) is 92.4 Å². The van der Waals surface area contributed by atoms with E-state index in [-0.39, 0.29) is 11.7 Å². The fourth-order valence-corrected chi connectivity index (χ4v) is 1.69. The third kappa shape index (κ3) is 2.69. The second-order valence-electron chi connectivity index (χ2n) is 4.92. The van der Waals surface area contributed by atoms with Gasteiger partial charge in [-0.1, -0.05) is 19.0 Å². The van der Waals surface area contributed by atoms with Crippen molar-refractivity contribution in [1.82, 2.24) is 10.5 Å². The van der Waals surface area contributed by atoms with Crippen LogP contribution in [0.25, 0.3) is 0 Å². The van der Waals surface area contributed by atoms with Crippen LogP contribution in [-0.4, -0.2) is 28.2 Å². The van der Waals surface area contributed by atoms with Crippen LogP contribution >= 0.6 is 0 Å². The van der Waals surface area contributed by atoms with Crippen molar-refractivity contribution in [3.8, 4) is 0 Å². The molecule has 1 atom stereocenters. The van der Waals surface area contributed by atoms with E-state index in [1.807, 2.05) is 0 Å². The third-order valence-corrected chi connectivity index (χ3v) is 2.97. The van der Waals surface area contributed by atoms with E-state index in [0.29, 0.717) is 5.92 Å². The molecule has 1 unspecified atom stereocenters. The van der Waals surface area contributed by atoms with Crippen molar-refractivity contribution in [3.63, 3.8) is 0 Å². The molecular weight excluding hydrogens is 236 g/mol. The number of nitrogens with one attached hydrogen (secondary N) is 1. The van der Waals surface area contributed by atoms with Crippen LogP contribution in [0.5, 0.6) is 0 Å². The maximum Gasteiger partial charge on any atom is 0.326 e. The standard InChI is InChI=1S/C12H16N2O4/c1-6(2)10(12(16)17)13-11(15)9-5-8(14-18-9)7-3-4-7/h5-7,10H,3-4H2,1-2H3,(H,13,15)(H,16,17). The largest absolute Gasteiger partial charge is 0.480 e. The Hall–Kier alpha value is -1.85. The van der Waals surface area contributed by atoms with E-state index in [1.165, 1.54) is 0 Å². The van der Waals surface area contributed by atoms with Crippen molar-refractivity contribution >= 4 is 11.9 Å². The maximum absolute atomic E-state index is 11.8. The molecule has 0 radical (unpaired) electrons. The molecule has 1 fully saturated rings. The number of carbonyl (C=O) groups is 2. The van der Waals surface area contributed by atoms with Crippen molar-refractivity contribution < 1.29 is 19.2 Å². The van der Waals surface area contributed by atoms with Crippen LogP contribution in [0.4, 0.5) is 0 Å². The summed E-state index contributed by atoms with van der Waals surface area (Å²) in [5.41, 5.74) is 0.775. The lowest BCUT2D eigenvalue weighted by Gasteiger charge is -2.16. The Balaban J connectivity index is 2.03. The number of amides is 1. The van der Waals surface area contributed by atoms with Crippen LogP contribution in [0.2, 0.25) is 0 Å². The van der Waals surface area contributed by atoms with Gasteiger partial charge < -0.3 is 14.9 Å². The van der Waals surface area contributed by atoms with Crippen LogP contribution in [-0.2, 0) is 4.79 Å². The third-order valence-electron chi connectivity index (χ3n) is 2.97. The predicted octanol–water partition coefficient (Wildman–Crippen LogP) is 1.39. The predicted molar refractivity (Wildman–Crippen MR) is 62.2 cm³/mol. The van der Waals surface area contributed by atoms with Crippen LogP contribution in [0.3, 0.4) is 0 Å². The number of rotatable bonds is 5. The fourth-order valence-electron chi connectivity index (χ4n) is 1.69. The zero-order valence-corrected chi connectivity index (χ0v) is 10.3. The molecule has 2 N–H and O–H groups in total. The summed E-state index contributed by atoms with van der Waals surface area (Å²) in [6, 6.07) is 0.665. The van der Waals surface area contributed by atoms with E-state index in [1.54, 1.807) is 19.9 Å². The highest BCUT2D eigenvalue weighted by molar-refractivity contribution is 5.94. The van der Waals surface area contributed by atoms with Crippen LogP contribution in [0.15, 0.2) is 10.6 Å². The van der Waals surface area contributed by atoms with Gasteiger partial charge >= 0.3 is 5.97 Å². The van der Waals surface area contributed by atoms with E-state index in [9.17, 15) is 9.59 Å². The van der Waals surface area contributed by atoms with Gasteiger partial charge in [0.15, 0.2) is 0 Å².